The molecule has 1 rings (SSSR count). The van der Waals surface area contributed by atoms with Gasteiger partial charge in [0.05, 0.1) is 0 Å². The fourth-order valence-electron chi connectivity index (χ4n) is 2.67. The third-order valence-electron chi connectivity index (χ3n) is 3.67. The van der Waals surface area contributed by atoms with Crippen LogP contribution in [0.1, 0.15) is 33.1 Å². The summed E-state index contributed by atoms with van der Waals surface area (Å²) < 4.78 is 10.5. The molecule has 2 N–H and O–H groups in total. The Morgan fingerprint density at radius 2 is 1.94 bits per heavy atom. The summed E-state index contributed by atoms with van der Waals surface area (Å²) in [5, 5.41) is 0. The molecule has 0 aromatic carbocycles. The van der Waals surface area contributed by atoms with E-state index in [0.29, 0.717) is 12.6 Å². The summed E-state index contributed by atoms with van der Waals surface area (Å²) in [6.45, 7) is 6.37. The maximum absolute atomic E-state index is 5.88. The molecule has 1 atom stereocenters. The fraction of sp³-hybridized carbons (Fsp3) is 1.00. The Hall–Kier alpha value is -0.160. The first-order chi connectivity index (χ1) is 7.55. The van der Waals surface area contributed by atoms with Crippen LogP contribution in [-0.2, 0) is 9.47 Å². The Kier molecular flexibility index (Phi) is 5.18. The van der Waals surface area contributed by atoms with Gasteiger partial charge in [0.15, 0.2) is 6.29 Å². The summed E-state index contributed by atoms with van der Waals surface area (Å²) in [6, 6.07) is 0.349. The molecule has 4 nitrogen and oxygen atoms in total. The molecule has 4 heteroatoms. The highest BCUT2D eigenvalue weighted by Gasteiger charge is 2.36. The topological polar surface area (TPSA) is 47.7 Å². The van der Waals surface area contributed by atoms with Crippen molar-refractivity contribution >= 4 is 0 Å². The quantitative estimate of drug-likeness (QED) is 0.697. The van der Waals surface area contributed by atoms with E-state index in [1.807, 2.05) is 0 Å². The molecule has 1 heterocycles. The largest absolute Gasteiger partial charge is 0.356 e. The molecule has 0 radical (unpaired) electrons. The highest BCUT2D eigenvalue weighted by Crippen LogP contribution is 2.31. The van der Waals surface area contributed by atoms with Crippen molar-refractivity contribution < 1.29 is 9.47 Å². The molecule has 0 aromatic rings. The lowest BCUT2D eigenvalue weighted by Crippen LogP contribution is -2.50. The zero-order valence-corrected chi connectivity index (χ0v) is 11.0. The van der Waals surface area contributed by atoms with E-state index < -0.39 is 0 Å². The highest BCUT2D eigenvalue weighted by atomic mass is 16.7. The summed E-state index contributed by atoms with van der Waals surface area (Å²) in [7, 11) is 3.35. The summed E-state index contributed by atoms with van der Waals surface area (Å²) in [6.07, 6.45) is 3.19. The number of methoxy groups -OCH3 is 2. The average Bonchev–Trinajstić information content (AvgIpc) is 2.61. The summed E-state index contributed by atoms with van der Waals surface area (Å²) in [4.78, 5) is 2.50. The molecule has 1 unspecified atom stereocenters. The van der Waals surface area contributed by atoms with Crippen molar-refractivity contribution in [2.45, 2.75) is 51.0 Å². The Morgan fingerprint density at radius 3 is 2.31 bits per heavy atom. The molecule has 0 saturated carbocycles. The molecule has 0 bridgehead atoms. The fourth-order valence-corrected chi connectivity index (χ4v) is 2.67. The molecule has 1 saturated heterocycles. The van der Waals surface area contributed by atoms with E-state index in [4.69, 9.17) is 15.2 Å². The van der Waals surface area contributed by atoms with E-state index in [0.717, 1.165) is 13.0 Å². The molecule has 0 aliphatic carbocycles. The number of likely N-dealkylation sites (tertiary alicyclic amines) is 1. The molecule has 0 aromatic heterocycles. The molecule has 1 fully saturated rings. The lowest BCUT2D eigenvalue weighted by atomic mass is 9.99. The van der Waals surface area contributed by atoms with Crippen LogP contribution in [0, 0.1) is 0 Å². The second-order valence-electron chi connectivity index (χ2n) is 5.14. The number of hydrogen-bond donors (Lipinski definition) is 1. The van der Waals surface area contributed by atoms with Crippen molar-refractivity contribution in [3.05, 3.63) is 0 Å². The first kappa shape index (κ1) is 13.9. The summed E-state index contributed by atoms with van der Waals surface area (Å²) >= 11 is 0. The van der Waals surface area contributed by atoms with E-state index in [-0.39, 0.29) is 11.8 Å². The van der Waals surface area contributed by atoms with E-state index in [1.165, 1.54) is 12.8 Å². The summed E-state index contributed by atoms with van der Waals surface area (Å²) in [5.41, 5.74) is 6.14. The lowest BCUT2D eigenvalue weighted by Gasteiger charge is -2.39. The highest BCUT2D eigenvalue weighted by molar-refractivity contribution is 4.92. The predicted octanol–water partition coefficient (Wildman–Crippen LogP) is 1.20. The van der Waals surface area contributed by atoms with Gasteiger partial charge in [-0.2, -0.15) is 0 Å². The third kappa shape index (κ3) is 3.17. The molecule has 96 valence electrons. The standard InChI is InChI=1S/C12H26N2O2/c1-12(2)6-5-7-14(12)10(9-13)8-11(15-3)16-4/h10-11H,5-9,13H2,1-4H3. The molecular formula is C12H26N2O2. The molecule has 16 heavy (non-hydrogen) atoms. The molecule has 0 spiro atoms. The van der Waals surface area contributed by atoms with Gasteiger partial charge in [0.1, 0.15) is 0 Å². The van der Waals surface area contributed by atoms with Crippen LogP contribution in [0.25, 0.3) is 0 Å². The first-order valence-corrected chi connectivity index (χ1v) is 6.07. The summed E-state index contributed by atoms with van der Waals surface area (Å²) in [5.74, 6) is 0. The van der Waals surface area contributed by atoms with E-state index in [9.17, 15) is 0 Å². The van der Waals surface area contributed by atoms with Gasteiger partial charge in [0.25, 0.3) is 0 Å². The van der Waals surface area contributed by atoms with Crippen molar-refractivity contribution in [3.8, 4) is 0 Å². The maximum Gasteiger partial charge on any atom is 0.158 e. The van der Waals surface area contributed by atoms with Gasteiger partial charge < -0.3 is 15.2 Å². The van der Waals surface area contributed by atoms with Crippen LogP contribution in [0.4, 0.5) is 0 Å². The zero-order chi connectivity index (χ0) is 12.2. The second-order valence-corrected chi connectivity index (χ2v) is 5.14. The minimum atomic E-state index is -0.148. The van der Waals surface area contributed by atoms with Crippen LogP contribution in [0.5, 0.6) is 0 Å². The van der Waals surface area contributed by atoms with E-state index >= 15 is 0 Å². The average molecular weight is 230 g/mol. The van der Waals surface area contributed by atoms with Crippen molar-refractivity contribution in [2.24, 2.45) is 5.73 Å². The normalized spacial score (nSPS) is 22.9. The van der Waals surface area contributed by atoms with Gasteiger partial charge in [-0.25, -0.2) is 0 Å². The number of hydrogen-bond acceptors (Lipinski definition) is 4. The van der Waals surface area contributed by atoms with Crippen LogP contribution >= 0.6 is 0 Å². The Bertz CT molecular complexity index is 205. The van der Waals surface area contributed by atoms with Gasteiger partial charge >= 0.3 is 0 Å². The molecule has 1 aliphatic heterocycles. The van der Waals surface area contributed by atoms with Gasteiger partial charge in [-0.1, -0.05) is 0 Å². The number of rotatable bonds is 6. The van der Waals surface area contributed by atoms with Crippen LogP contribution in [0.2, 0.25) is 0 Å². The minimum absolute atomic E-state index is 0.148. The molecule has 1 aliphatic rings. The van der Waals surface area contributed by atoms with Crippen molar-refractivity contribution in [1.29, 1.82) is 0 Å². The van der Waals surface area contributed by atoms with Crippen molar-refractivity contribution in [1.82, 2.24) is 4.90 Å². The Balaban J connectivity index is 2.59. The van der Waals surface area contributed by atoms with E-state index in [2.05, 4.69) is 18.7 Å². The second kappa shape index (κ2) is 5.96. The minimum Gasteiger partial charge on any atom is -0.356 e. The van der Waals surface area contributed by atoms with Gasteiger partial charge in [-0.05, 0) is 33.2 Å². The van der Waals surface area contributed by atoms with Gasteiger partial charge in [-0.15, -0.1) is 0 Å². The SMILES string of the molecule is COC(CC(CN)N1CCCC1(C)C)OC. The number of ether oxygens (including phenoxy) is 2. The Morgan fingerprint density at radius 1 is 1.31 bits per heavy atom. The van der Waals surface area contributed by atoms with Gasteiger partial charge in [0, 0.05) is 38.8 Å². The van der Waals surface area contributed by atoms with Crippen molar-refractivity contribution in [2.75, 3.05) is 27.3 Å². The third-order valence-corrected chi connectivity index (χ3v) is 3.67. The maximum atomic E-state index is 5.88. The van der Waals surface area contributed by atoms with Crippen LogP contribution in [0.15, 0.2) is 0 Å². The smallest absolute Gasteiger partial charge is 0.158 e. The number of nitrogens with two attached hydrogens (primary N) is 1. The molecule has 0 amide bonds. The predicted molar refractivity (Wildman–Crippen MR) is 65.3 cm³/mol. The van der Waals surface area contributed by atoms with Crippen LogP contribution in [-0.4, -0.2) is 50.1 Å². The van der Waals surface area contributed by atoms with E-state index in [1.54, 1.807) is 14.2 Å². The monoisotopic (exact) mass is 230 g/mol. The van der Waals surface area contributed by atoms with Gasteiger partial charge in [-0.3, -0.25) is 4.90 Å². The van der Waals surface area contributed by atoms with Crippen molar-refractivity contribution in [3.63, 3.8) is 0 Å². The van der Waals surface area contributed by atoms with Gasteiger partial charge in [0.2, 0.25) is 0 Å². The molecular weight excluding hydrogens is 204 g/mol. The van der Waals surface area contributed by atoms with Crippen LogP contribution in [0.3, 0.4) is 0 Å². The Labute approximate surface area is 99.1 Å². The lowest BCUT2D eigenvalue weighted by molar-refractivity contribution is -0.119. The van der Waals surface area contributed by atoms with Crippen LogP contribution < -0.4 is 5.73 Å². The number of nitrogens with zero attached hydrogens (tertiary/aromatic N) is 1. The first-order valence-electron chi connectivity index (χ1n) is 6.07. The zero-order valence-electron chi connectivity index (χ0n) is 11.0.